The lowest BCUT2D eigenvalue weighted by atomic mass is 10.0. The maximum absolute atomic E-state index is 9.93. The maximum atomic E-state index is 9.93. The molecule has 1 unspecified atom stereocenters. The minimum absolute atomic E-state index is 0.0477. The summed E-state index contributed by atoms with van der Waals surface area (Å²) >= 11 is 0. The minimum atomic E-state index is -0.0477. The van der Waals surface area contributed by atoms with Crippen molar-refractivity contribution in [1.29, 1.82) is 0 Å². The predicted molar refractivity (Wildman–Crippen MR) is 142 cm³/mol. The van der Waals surface area contributed by atoms with Gasteiger partial charge in [0.15, 0.2) is 0 Å². The van der Waals surface area contributed by atoms with E-state index < -0.39 is 0 Å². The molecule has 0 aliphatic carbocycles. The van der Waals surface area contributed by atoms with Crippen molar-refractivity contribution in [2.24, 2.45) is 0 Å². The molecule has 0 aromatic carbocycles. The fourth-order valence-corrected chi connectivity index (χ4v) is 3.90. The maximum Gasteiger partial charge on any atom is 0.0540 e. The van der Waals surface area contributed by atoms with Gasteiger partial charge in [0.25, 0.3) is 0 Å². The molecule has 0 spiro atoms. The van der Waals surface area contributed by atoms with E-state index in [9.17, 15) is 5.11 Å². The van der Waals surface area contributed by atoms with Crippen molar-refractivity contribution in [3.8, 4) is 0 Å². The van der Waals surface area contributed by atoms with E-state index in [0.29, 0.717) is 0 Å². The van der Waals surface area contributed by atoms with Crippen LogP contribution >= 0.6 is 0 Å². The largest absolute Gasteiger partial charge is 0.393 e. The van der Waals surface area contributed by atoms with E-state index >= 15 is 0 Å². The topological polar surface area (TPSA) is 20.2 Å². The molecule has 0 aromatic heterocycles. The molecule has 0 aliphatic rings. The van der Waals surface area contributed by atoms with Crippen LogP contribution in [0.5, 0.6) is 0 Å². The van der Waals surface area contributed by atoms with Gasteiger partial charge in [-0.1, -0.05) is 121 Å². The molecule has 0 amide bonds. The molecule has 1 N–H and O–H groups in total. The minimum Gasteiger partial charge on any atom is -0.393 e. The third-order valence-electron chi connectivity index (χ3n) is 6.02. The van der Waals surface area contributed by atoms with E-state index in [0.717, 1.165) is 12.8 Å². The summed E-state index contributed by atoms with van der Waals surface area (Å²) in [6, 6.07) is 0. The lowest BCUT2D eigenvalue weighted by molar-refractivity contribution is 0.147. The van der Waals surface area contributed by atoms with Gasteiger partial charge < -0.3 is 5.11 Å². The van der Waals surface area contributed by atoms with Crippen molar-refractivity contribution in [1.82, 2.24) is 0 Å². The number of allylic oxidation sites excluding steroid dienone is 6. The molecule has 1 nitrogen and oxygen atoms in total. The monoisotopic (exact) mass is 432 g/mol. The predicted octanol–water partition coefficient (Wildman–Crippen LogP) is 10.2. The van der Waals surface area contributed by atoms with Crippen LogP contribution in [0, 0.1) is 0 Å². The summed E-state index contributed by atoms with van der Waals surface area (Å²) < 4.78 is 0. The Bertz CT molecular complexity index is 407. The van der Waals surface area contributed by atoms with Crippen LogP contribution in [-0.2, 0) is 0 Å². The molecule has 0 fully saturated rings. The summed E-state index contributed by atoms with van der Waals surface area (Å²) in [5, 5.41) is 9.93. The number of aliphatic hydroxyl groups is 1. The smallest absolute Gasteiger partial charge is 0.0540 e. The highest BCUT2D eigenvalue weighted by Gasteiger charge is 2.02. The Labute approximate surface area is 196 Å². The van der Waals surface area contributed by atoms with E-state index in [1.54, 1.807) is 0 Å². The molecule has 0 saturated carbocycles. The highest BCUT2D eigenvalue weighted by atomic mass is 16.3. The third kappa shape index (κ3) is 27.1. The first-order valence-electron chi connectivity index (χ1n) is 13.9. The number of rotatable bonds is 24. The van der Waals surface area contributed by atoms with Gasteiger partial charge in [0, 0.05) is 0 Å². The second-order valence-corrected chi connectivity index (χ2v) is 9.27. The summed E-state index contributed by atoms with van der Waals surface area (Å²) in [6.07, 6.45) is 40.4. The molecule has 1 heteroatoms. The van der Waals surface area contributed by atoms with Gasteiger partial charge in [-0.15, -0.1) is 0 Å². The SMILES string of the molecule is CCCCCCC=CCCC=CCCC=CCCCCCCCCC(O)CCCCC. The average molecular weight is 433 g/mol. The van der Waals surface area contributed by atoms with E-state index in [1.807, 2.05) is 0 Å². The van der Waals surface area contributed by atoms with E-state index in [2.05, 4.69) is 50.3 Å². The molecule has 0 aliphatic heterocycles. The van der Waals surface area contributed by atoms with E-state index in [4.69, 9.17) is 0 Å². The lowest BCUT2D eigenvalue weighted by Crippen LogP contribution is -2.05. The van der Waals surface area contributed by atoms with Gasteiger partial charge in [0.05, 0.1) is 6.10 Å². The fraction of sp³-hybridized carbons (Fsp3) is 0.800. The van der Waals surface area contributed by atoms with Crippen LogP contribution in [-0.4, -0.2) is 11.2 Å². The molecule has 0 aromatic rings. The number of hydrogen-bond donors (Lipinski definition) is 1. The van der Waals surface area contributed by atoms with Crippen LogP contribution in [0.15, 0.2) is 36.5 Å². The van der Waals surface area contributed by atoms with Crippen molar-refractivity contribution < 1.29 is 5.11 Å². The highest BCUT2D eigenvalue weighted by Crippen LogP contribution is 2.13. The lowest BCUT2D eigenvalue weighted by Gasteiger charge is -2.09. The number of hydrogen-bond acceptors (Lipinski definition) is 1. The number of unbranched alkanes of at least 4 members (excludes halogenated alkanes) is 14. The van der Waals surface area contributed by atoms with Crippen LogP contribution in [0.1, 0.15) is 149 Å². The second-order valence-electron chi connectivity index (χ2n) is 9.27. The fourth-order valence-electron chi connectivity index (χ4n) is 3.90. The molecule has 0 radical (unpaired) electrons. The normalized spacial score (nSPS) is 13.3. The summed E-state index contributed by atoms with van der Waals surface area (Å²) in [7, 11) is 0. The Morgan fingerprint density at radius 2 is 0.742 bits per heavy atom. The van der Waals surface area contributed by atoms with Gasteiger partial charge in [0.1, 0.15) is 0 Å². The van der Waals surface area contributed by atoms with Crippen LogP contribution in [0.3, 0.4) is 0 Å². The highest BCUT2D eigenvalue weighted by molar-refractivity contribution is 4.90. The Morgan fingerprint density at radius 1 is 0.419 bits per heavy atom. The van der Waals surface area contributed by atoms with Crippen molar-refractivity contribution in [3.05, 3.63) is 36.5 Å². The summed E-state index contributed by atoms with van der Waals surface area (Å²) in [6.45, 7) is 4.49. The summed E-state index contributed by atoms with van der Waals surface area (Å²) in [5.74, 6) is 0. The molecular weight excluding hydrogens is 376 g/mol. The molecule has 182 valence electrons. The Hall–Kier alpha value is -0.820. The van der Waals surface area contributed by atoms with Gasteiger partial charge >= 0.3 is 0 Å². The second kappa shape index (κ2) is 27.2. The first-order chi connectivity index (χ1) is 15.3. The molecule has 0 heterocycles. The van der Waals surface area contributed by atoms with Gasteiger partial charge in [-0.2, -0.15) is 0 Å². The van der Waals surface area contributed by atoms with Crippen molar-refractivity contribution in [3.63, 3.8) is 0 Å². The first-order valence-corrected chi connectivity index (χ1v) is 13.9. The summed E-state index contributed by atoms with van der Waals surface area (Å²) in [5.41, 5.74) is 0. The van der Waals surface area contributed by atoms with Crippen LogP contribution < -0.4 is 0 Å². The molecule has 0 rings (SSSR count). The zero-order valence-electron chi connectivity index (χ0n) is 21.3. The van der Waals surface area contributed by atoms with E-state index in [1.165, 1.54) is 122 Å². The van der Waals surface area contributed by atoms with Crippen LogP contribution in [0.25, 0.3) is 0 Å². The number of aliphatic hydroxyl groups excluding tert-OH is 1. The third-order valence-corrected chi connectivity index (χ3v) is 6.02. The van der Waals surface area contributed by atoms with Gasteiger partial charge in [-0.25, -0.2) is 0 Å². The van der Waals surface area contributed by atoms with Crippen molar-refractivity contribution in [2.45, 2.75) is 155 Å². The Kier molecular flexibility index (Phi) is 26.5. The first kappa shape index (κ1) is 30.2. The van der Waals surface area contributed by atoms with Crippen LogP contribution in [0.4, 0.5) is 0 Å². The molecule has 0 saturated heterocycles. The molecule has 31 heavy (non-hydrogen) atoms. The standard InChI is InChI=1S/C30H56O/c1-3-5-7-8-9-10-11-12-13-14-15-16-17-18-19-20-21-22-23-24-25-27-29-30(31)28-26-6-4-2/h10-11,14-15,18-19,30-31H,3-9,12-13,16-17,20-29H2,1-2H3. The Morgan fingerprint density at radius 3 is 1.23 bits per heavy atom. The summed E-state index contributed by atoms with van der Waals surface area (Å²) in [4.78, 5) is 0. The molecule has 1 atom stereocenters. The average Bonchev–Trinajstić information content (AvgIpc) is 2.77. The quantitative estimate of drug-likeness (QED) is 0.119. The molecular formula is C30H56O. The van der Waals surface area contributed by atoms with Gasteiger partial charge in [-0.05, 0) is 64.2 Å². The zero-order chi connectivity index (χ0) is 22.7. The van der Waals surface area contributed by atoms with Gasteiger partial charge in [-0.3, -0.25) is 0 Å². The zero-order valence-corrected chi connectivity index (χ0v) is 21.3. The van der Waals surface area contributed by atoms with Crippen molar-refractivity contribution >= 4 is 0 Å². The Balaban J connectivity index is 3.27. The van der Waals surface area contributed by atoms with Gasteiger partial charge in [0.2, 0.25) is 0 Å². The van der Waals surface area contributed by atoms with Crippen molar-refractivity contribution in [2.75, 3.05) is 0 Å². The van der Waals surface area contributed by atoms with E-state index in [-0.39, 0.29) is 6.10 Å². The van der Waals surface area contributed by atoms with Crippen LogP contribution in [0.2, 0.25) is 0 Å². The molecule has 0 bridgehead atoms.